The number of aliphatic hydroxyl groups is 1. The molecule has 1 aromatic carbocycles. The normalized spacial score (nSPS) is 21.5. The lowest BCUT2D eigenvalue weighted by molar-refractivity contribution is 0.00816. The third-order valence-corrected chi connectivity index (χ3v) is 4.71. The molecule has 24 heavy (non-hydrogen) atoms. The second-order valence-corrected chi connectivity index (χ2v) is 7.71. The van der Waals surface area contributed by atoms with E-state index >= 15 is 0 Å². The second-order valence-electron chi connectivity index (χ2n) is 7.71. The molecule has 3 rings (SSSR count). The first-order valence-corrected chi connectivity index (χ1v) is 8.89. The predicted octanol–water partition coefficient (Wildman–Crippen LogP) is 1.52. The van der Waals surface area contributed by atoms with Crippen molar-refractivity contribution >= 4 is 0 Å². The van der Waals surface area contributed by atoms with E-state index < -0.39 is 0 Å². The maximum Gasteiger partial charge on any atom is 0.127 e. The summed E-state index contributed by atoms with van der Waals surface area (Å²) in [5.74, 6) is 1.04. The summed E-state index contributed by atoms with van der Waals surface area (Å²) in [5, 5.41) is 10.4. The highest BCUT2D eigenvalue weighted by molar-refractivity contribution is 5.45. The van der Waals surface area contributed by atoms with Crippen molar-refractivity contribution in [1.29, 1.82) is 0 Å². The van der Waals surface area contributed by atoms with E-state index in [1.165, 1.54) is 11.1 Å². The van der Waals surface area contributed by atoms with Crippen molar-refractivity contribution in [1.82, 2.24) is 9.80 Å². The number of benzene rings is 1. The number of fused-ring (bicyclic) bond motifs is 1. The first-order chi connectivity index (χ1) is 11.4. The van der Waals surface area contributed by atoms with E-state index in [0.717, 1.165) is 45.0 Å². The Morgan fingerprint density at radius 2 is 2.04 bits per heavy atom. The number of hydrogen-bond acceptors (Lipinski definition) is 5. The van der Waals surface area contributed by atoms with Crippen LogP contribution < -0.4 is 4.74 Å². The molecule has 0 bridgehead atoms. The van der Waals surface area contributed by atoms with Crippen molar-refractivity contribution in [2.24, 2.45) is 0 Å². The molecule has 2 aliphatic heterocycles. The summed E-state index contributed by atoms with van der Waals surface area (Å²) in [7, 11) is 2.06. The first kappa shape index (κ1) is 17.7. The number of morpholine rings is 1. The largest absolute Gasteiger partial charge is 0.487 e. The summed E-state index contributed by atoms with van der Waals surface area (Å²) in [6.07, 6.45) is 0.613. The fraction of sp³-hybridized carbons (Fsp3) is 0.684. The minimum atomic E-state index is -0.345. The summed E-state index contributed by atoms with van der Waals surface area (Å²) >= 11 is 0. The molecule has 2 heterocycles. The molecule has 0 saturated carbocycles. The molecule has 1 unspecified atom stereocenters. The van der Waals surface area contributed by atoms with Crippen LogP contribution >= 0.6 is 0 Å². The van der Waals surface area contributed by atoms with Crippen molar-refractivity contribution in [3.8, 4) is 5.75 Å². The Kier molecular flexibility index (Phi) is 5.45. The molecule has 1 saturated heterocycles. The Bertz CT molecular complexity index is 556. The SMILES string of the molecule is CN(Cc1cccc2c1OC(C)(C)C2)CC(O)CN1CCOCC1. The van der Waals surface area contributed by atoms with Gasteiger partial charge in [0.25, 0.3) is 0 Å². The van der Waals surface area contributed by atoms with Crippen molar-refractivity contribution < 1.29 is 14.6 Å². The van der Waals surface area contributed by atoms with E-state index in [4.69, 9.17) is 9.47 Å². The molecule has 0 radical (unpaired) electrons. The fourth-order valence-electron chi connectivity index (χ4n) is 3.66. The van der Waals surface area contributed by atoms with Crippen LogP contribution in [-0.4, -0.2) is 73.1 Å². The Morgan fingerprint density at radius 1 is 1.29 bits per heavy atom. The maximum atomic E-state index is 10.4. The molecule has 5 heteroatoms. The van der Waals surface area contributed by atoms with Gasteiger partial charge in [-0.1, -0.05) is 18.2 Å². The van der Waals surface area contributed by atoms with Crippen LogP contribution in [0.2, 0.25) is 0 Å². The average Bonchev–Trinajstić information content (AvgIpc) is 2.83. The van der Waals surface area contributed by atoms with E-state index in [1.54, 1.807) is 0 Å². The summed E-state index contributed by atoms with van der Waals surface area (Å²) in [5.41, 5.74) is 2.38. The van der Waals surface area contributed by atoms with Gasteiger partial charge in [0.2, 0.25) is 0 Å². The quantitative estimate of drug-likeness (QED) is 0.855. The van der Waals surface area contributed by atoms with Crippen LogP contribution in [0.15, 0.2) is 18.2 Å². The molecule has 1 fully saturated rings. The third-order valence-electron chi connectivity index (χ3n) is 4.71. The predicted molar refractivity (Wildman–Crippen MR) is 94.5 cm³/mol. The van der Waals surface area contributed by atoms with Crippen molar-refractivity contribution in [3.63, 3.8) is 0 Å². The molecular formula is C19H30N2O3. The monoisotopic (exact) mass is 334 g/mol. The second kappa shape index (κ2) is 7.40. The number of rotatable bonds is 6. The van der Waals surface area contributed by atoms with Gasteiger partial charge in [-0.2, -0.15) is 0 Å². The summed E-state index contributed by atoms with van der Waals surface area (Å²) in [4.78, 5) is 4.45. The van der Waals surface area contributed by atoms with Crippen LogP contribution in [0.3, 0.4) is 0 Å². The number of hydrogen-bond donors (Lipinski definition) is 1. The van der Waals surface area contributed by atoms with E-state index in [0.29, 0.717) is 13.1 Å². The van der Waals surface area contributed by atoms with Gasteiger partial charge in [0, 0.05) is 44.7 Å². The van der Waals surface area contributed by atoms with Gasteiger partial charge in [-0.25, -0.2) is 0 Å². The number of likely N-dealkylation sites (N-methyl/N-ethyl adjacent to an activating group) is 1. The minimum absolute atomic E-state index is 0.118. The average molecular weight is 334 g/mol. The lowest BCUT2D eigenvalue weighted by atomic mass is 10.0. The molecule has 1 aromatic rings. The van der Waals surface area contributed by atoms with Gasteiger partial charge >= 0.3 is 0 Å². The molecule has 0 aliphatic carbocycles. The van der Waals surface area contributed by atoms with Crippen LogP contribution in [0.25, 0.3) is 0 Å². The van der Waals surface area contributed by atoms with E-state index in [-0.39, 0.29) is 11.7 Å². The topological polar surface area (TPSA) is 45.2 Å². The highest BCUT2D eigenvalue weighted by Gasteiger charge is 2.31. The lowest BCUT2D eigenvalue weighted by Crippen LogP contribution is -2.44. The lowest BCUT2D eigenvalue weighted by Gasteiger charge is -2.30. The fourth-order valence-corrected chi connectivity index (χ4v) is 3.66. The van der Waals surface area contributed by atoms with Gasteiger partial charge in [0.1, 0.15) is 11.4 Å². The Hall–Kier alpha value is -1.14. The van der Waals surface area contributed by atoms with Gasteiger partial charge < -0.3 is 14.6 Å². The minimum Gasteiger partial charge on any atom is -0.487 e. The first-order valence-electron chi connectivity index (χ1n) is 8.89. The van der Waals surface area contributed by atoms with E-state index in [9.17, 15) is 5.11 Å². The van der Waals surface area contributed by atoms with E-state index in [2.05, 4.69) is 48.9 Å². The van der Waals surface area contributed by atoms with Crippen LogP contribution in [-0.2, 0) is 17.7 Å². The van der Waals surface area contributed by atoms with Crippen molar-refractivity contribution in [2.45, 2.75) is 38.5 Å². The molecule has 0 aromatic heterocycles. The van der Waals surface area contributed by atoms with Gasteiger partial charge in [0.05, 0.1) is 19.3 Å². The van der Waals surface area contributed by atoms with Crippen LogP contribution in [0.5, 0.6) is 5.75 Å². The Balaban J connectivity index is 1.54. The number of para-hydroxylation sites is 1. The Morgan fingerprint density at radius 3 is 2.79 bits per heavy atom. The summed E-state index contributed by atoms with van der Waals surface area (Å²) in [6, 6.07) is 6.39. The number of ether oxygens (including phenoxy) is 2. The third kappa shape index (κ3) is 4.48. The van der Waals surface area contributed by atoms with Gasteiger partial charge in [-0.15, -0.1) is 0 Å². The standard InChI is InChI=1S/C19H30N2O3/c1-19(2)11-15-5-4-6-16(18(15)24-19)12-20(3)13-17(22)14-21-7-9-23-10-8-21/h4-6,17,22H,7-14H2,1-3H3. The molecule has 134 valence electrons. The molecule has 2 aliphatic rings. The highest BCUT2D eigenvalue weighted by atomic mass is 16.5. The summed E-state index contributed by atoms with van der Waals surface area (Å²) < 4.78 is 11.5. The molecule has 0 amide bonds. The molecular weight excluding hydrogens is 304 g/mol. The molecule has 0 spiro atoms. The zero-order valence-electron chi connectivity index (χ0n) is 15.1. The molecule has 5 nitrogen and oxygen atoms in total. The maximum absolute atomic E-state index is 10.4. The Labute approximate surface area is 145 Å². The van der Waals surface area contributed by atoms with Crippen LogP contribution in [0.4, 0.5) is 0 Å². The zero-order chi connectivity index (χ0) is 17.2. The smallest absolute Gasteiger partial charge is 0.127 e. The van der Waals surface area contributed by atoms with Crippen molar-refractivity contribution in [2.75, 3.05) is 46.4 Å². The van der Waals surface area contributed by atoms with Gasteiger partial charge in [-0.3, -0.25) is 9.80 Å². The van der Waals surface area contributed by atoms with Crippen LogP contribution in [0.1, 0.15) is 25.0 Å². The van der Waals surface area contributed by atoms with Crippen molar-refractivity contribution in [3.05, 3.63) is 29.3 Å². The number of aliphatic hydroxyl groups excluding tert-OH is 1. The molecule has 1 N–H and O–H groups in total. The number of β-amino-alcohol motifs (C(OH)–C–C–N with tert-alkyl or cyclic N) is 1. The van der Waals surface area contributed by atoms with Gasteiger partial charge in [0.15, 0.2) is 0 Å². The van der Waals surface area contributed by atoms with Gasteiger partial charge in [-0.05, 0) is 26.5 Å². The van der Waals surface area contributed by atoms with Crippen LogP contribution in [0, 0.1) is 0 Å². The number of nitrogens with zero attached hydrogens (tertiary/aromatic N) is 2. The molecule has 1 atom stereocenters. The van der Waals surface area contributed by atoms with E-state index in [1.807, 2.05) is 0 Å². The zero-order valence-corrected chi connectivity index (χ0v) is 15.1. The summed E-state index contributed by atoms with van der Waals surface area (Å²) in [6.45, 7) is 9.79. The highest BCUT2D eigenvalue weighted by Crippen LogP contribution is 2.37.